The number of benzene rings is 2. The summed E-state index contributed by atoms with van der Waals surface area (Å²) in [5.41, 5.74) is 4.17. The van der Waals surface area contributed by atoms with Gasteiger partial charge in [-0.15, -0.1) is 0 Å². The second-order valence-electron chi connectivity index (χ2n) is 6.60. The van der Waals surface area contributed by atoms with E-state index in [4.69, 9.17) is 9.72 Å². The van der Waals surface area contributed by atoms with E-state index >= 15 is 0 Å². The van der Waals surface area contributed by atoms with E-state index in [0.29, 0.717) is 0 Å². The maximum atomic E-state index is 9.35. The molecule has 0 saturated heterocycles. The standard InChI is InChI=1S/C23H28N2O2/c1-4-20(16-26)27-21-13-9-18-10-14-22(24-23(18)15-21)17-7-11-19(12-8-17)25(5-2)6-3/h7-15,20,26H,4-6,16H2,1-3H3. The first-order valence-electron chi connectivity index (χ1n) is 9.72. The van der Waals surface area contributed by atoms with Crippen LogP contribution in [0.25, 0.3) is 22.2 Å². The molecular weight excluding hydrogens is 336 g/mol. The summed E-state index contributed by atoms with van der Waals surface area (Å²) in [5, 5.41) is 10.4. The van der Waals surface area contributed by atoms with Crippen molar-refractivity contribution in [2.24, 2.45) is 0 Å². The molecule has 3 aromatic rings. The normalized spacial score (nSPS) is 12.1. The third-order valence-electron chi connectivity index (χ3n) is 4.92. The van der Waals surface area contributed by atoms with Crippen molar-refractivity contribution in [1.29, 1.82) is 0 Å². The van der Waals surface area contributed by atoms with Crippen molar-refractivity contribution in [3.63, 3.8) is 0 Å². The van der Waals surface area contributed by atoms with Crippen molar-refractivity contribution in [2.45, 2.75) is 33.3 Å². The summed E-state index contributed by atoms with van der Waals surface area (Å²) in [4.78, 5) is 7.15. The Kier molecular flexibility index (Phi) is 6.30. The lowest BCUT2D eigenvalue weighted by Gasteiger charge is -2.21. The number of hydrogen-bond donors (Lipinski definition) is 1. The van der Waals surface area contributed by atoms with Crippen molar-refractivity contribution in [1.82, 2.24) is 4.98 Å². The van der Waals surface area contributed by atoms with Gasteiger partial charge >= 0.3 is 0 Å². The lowest BCUT2D eigenvalue weighted by atomic mass is 10.1. The molecule has 1 unspecified atom stereocenters. The summed E-state index contributed by atoms with van der Waals surface area (Å²) in [5.74, 6) is 0.741. The van der Waals surface area contributed by atoms with E-state index in [1.807, 2.05) is 25.1 Å². The smallest absolute Gasteiger partial charge is 0.122 e. The fourth-order valence-electron chi connectivity index (χ4n) is 3.20. The van der Waals surface area contributed by atoms with E-state index in [-0.39, 0.29) is 12.7 Å². The van der Waals surface area contributed by atoms with Crippen molar-refractivity contribution in [3.8, 4) is 17.0 Å². The molecule has 0 bridgehead atoms. The van der Waals surface area contributed by atoms with Gasteiger partial charge in [0.15, 0.2) is 0 Å². The number of rotatable bonds is 8. The van der Waals surface area contributed by atoms with Crippen LogP contribution >= 0.6 is 0 Å². The Hall–Kier alpha value is -2.59. The Bertz CT molecular complexity index is 869. The Labute approximate surface area is 161 Å². The van der Waals surface area contributed by atoms with Crippen LogP contribution in [0.15, 0.2) is 54.6 Å². The van der Waals surface area contributed by atoms with E-state index in [9.17, 15) is 5.11 Å². The Morgan fingerprint density at radius 3 is 2.30 bits per heavy atom. The fraction of sp³-hybridized carbons (Fsp3) is 0.348. The molecule has 1 heterocycles. The van der Waals surface area contributed by atoms with E-state index in [2.05, 4.69) is 55.1 Å². The van der Waals surface area contributed by atoms with E-state index in [0.717, 1.165) is 47.4 Å². The van der Waals surface area contributed by atoms with E-state index < -0.39 is 0 Å². The van der Waals surface area contributed by atoms with Crippen LogP contribution in [0.3, 0.4) is 0 Å². The van der Waals surface area contributed by atoms with Crippen LogP contribution in [-0.2, 0) is 0 Å². The summed E-state index contributed by atoms with van der Waals surface area (Å²) in [6.45, 7) is 8.35. The zero-order valence-electron chi connectivity index (χ0n) is 16.4. The Balaban J connectivity index is 1.88. The molecule has 0 aliphatic heterocycles. The molecule has 2 aromatic carbocycles. The molecule has 4 heteroatoms. The Morgan fingerprint density at radius 1 is 0.963 bits per heavy atom. The molecule has 1 N–H and O–H groups in total. The van der Waals surface area contributed by atoms with Gasteiger partial charge in [0.25, 0.3) is 0 Å². The van der Waals surface area contributed by atoms with E-state index in [1.165, 1.54) is 5.69 Å². The number of pyridine rings is 1. The molecule has 27 heavy (non-hydrogen) atoms. The molecule has 0 amide bonds. The Morgan fingerprint density at radius 2 is 1.67 bits per heavy atom. The highest BCUT2D eigenvalue weighted by molar-refractivity contribution is 5.83. The van der Waals surface area contributed by atoms with Gasteiger partial charge in [-0.25, -0.2) is 4.98 Å². The summed E-state index contributed by atoms with van der Waals surface area (Å²) >= 11 is 0. The topological polar surface area (TPSA) is 45.6 Å². The number of anilines is 1. The summed E-state index contributed by atoms with van der Waals surface area (Å²) in [7, 11) is 0. The first-order valence-corrected chi connectivity index (χ1v) is 9.72. The lowest BCUT2D eigenvalue weighted by molar-refractivity contribution is 0.113. The van der Waals surface area contributed by atoms with Crippen LogP contribution in [-0.4, -0.2) is 35.9 Å². The first-order chi connectivity index (χ1) is 13.2. The molecule has 0 radical (unpaired) electrons. The predicted molar refractivity (Wildman–Crippen MR) is 113 cm³/mol. The maximum absolute atomic E-state index is 9.35. The molecule has 0 aliphatic carbocycles. The van der Waals surface area contributed by atoms with Crippen molar-refractivity contribution < 1.29 is 9.84 Å². The summed E-state index contributed by atoms with van der Waals surface area (Å²) in [6, 6.07) is 18.6. The van der Waals surface area contributed by atoms with Gasteiger partial charge in [-0.2, -0.15) is 0 Å². The number of nitrogens with zero attached hydrogens (tertiary/aromatic N) is 2. The monoisotopic (exact) mass is 364 g/mol. The van der Waals surface area contributed by atoms with Gasteiger partial charge in [0.05, 0.1) is 17.8 Å². The lowest BCUT2D eigenvalue weighted by Crippen LogP contribution is -2.21. The number of hydrogen-bond acceptors (Lipinski definition) is 4. The van der Waals surface area contributed by atoms with Crippen LogP contribution in [0.4, 0.5) is 5.69 Å². The van der Waals surface area contributed by atoms with Gasteiger partial charge in [0.1, 0.15) is 11.9 Å². The zero-order chi connectivity index (χ0) is 19.2. The van der Waals surface area contributed by atoms with Crippen LogP contribution in [0.2, 0.25) is 0 Å². The number of aliphatic hydroxyl groups excluding tert-OH is 1. The van der Waals surface area contributed by atoms with Crippen LogP contribution in [0.1, 0.15) is 27.2 Å². The molecule has 0 fully saturated rings. The average Bonchev–Trinajstić information content (AvgIpc) is 2.73. The second-order valence-corrected chi connectivity index (χ2v) is 6.60. The SMILES string of the molecule is CCC(CO)Oc1ccc2ccc(-c3ccc(N(CC)CC)cc3)nc2c1. The van der Waals surface area contributed by atoms with Gasteiger partial charge in [0.2, 0.25) is 0 Å². The van der Waals surface area contributed by atoms with Crippen molar-refractivity contribution in [3.05, 3.63) is 54.6 Å². The molecule has 1 atom stereocenters. The molecule has 1 aromatic heterocycles. The molecule has 4 nitrogen and oxygen atoms in total. The van der Waals surface area contributed by atoms with Gasteiger partial charge in [-0.1, -0.05) is 25.1 Å². The van der Waals surface area contributed by atoms with Crippen molar-refractivity contribution in [2.75, 3.05) is 24.6 Å². The van der Waals surface area contributed by atoms with Gasteiger partial charge in [0, 0.05) is 35.8 Å². The molecule has 3 rings (SSSR count). The molecule has 0 saturated carbocycles. The molecular formula is C23H28N2O2. The van der Waals surface area contributed by atoms with Crippen LogP contribution in [0.5, 0.6) is 5.75 Å². The fourth-order valence-corrected chi connectivity index (χ4v) is 3.20. The number of aromatic nitrogens is 1. The highest BCUT2D eigenvalue weighted by atomic mass is 16.5. The second kappa shape index (κ2) is 8.87. The third-order valence-corrected chi connectivity index (χ3v) is 4.92. The summed E-state index contributed by atoms with van der Waals surface area (Å²) in [6.07, 6.45) is 0.583. The predicted octanol–water partition coefficient (Wildman–Crippen LogP) is 4.90. The number of aliphatic hydroxyl groups is 1. The zero-order valence-corrected chi connectivity index (χ0v) is 16.4. The van der Waals surface area contributed by atoms with Gasteiger partial charge < -0.3 is 14.7 Å². The number of ether oxygens (including phenoxy) is 1. The third kappa shape index (κ3) is 4.40. The van der Waals surface area contributed by atoms with Crippen LogP contribution < -0.4 is 9.64 Å². The summed E-state index contributed by atoms with van der Waals surface area (Å²) < 4.78 is 5.84. The van der Waals surface area contributed by atoms with Crippen molar-refractivity contribution >= 4 is 16.6 Å². The van der Waals surface area contributed by atoms with Gasteiger partial charge in [-0.3, -0.25) is 0 Å². The van der Waals surface area contributed by atoms with Gasteiger partial charge in [-0.05, 0) is 50.6 Å². The maximum Gasteiger partial charge on any atom is 0.122 e. The minimum Gasteiger partial charge on any atom is -0.488 e. The molecule has 0 aliphatic rings. The highest BCUT2D eigenvalue weighted by Crippen LogP contribution is 2.26. The number of fused-ring (bicyclic) bond motifs is 1. The van der Waals surface area contributed by atoms with Crippen LogP contribution in [0, 0.1) is 0 Å². The van der Waals surface area contributed by atoms with E-state index in [1.54, 1.807) is 0 Å². The average molecular weight is 364 g/mol. The molecule has 142 valence electrons. The first kappa shape index (κ1) is 19.2. The minimum atomic E-state index is -0.182. The minimum absolute atomic E-state index is 0.0148. The largest absolute Gasteiger partial charge is 0.488 e. The highest BCUT2D eigenvalue weighted by Gasteiger charge is 2.09. The quantitative estimate of drug-likeness (QED) is 0.618. The molecule has 0 spiro atoms.